The van der Waals surface area contributed by atoms with E-state index in [1.165, 1.54) is 10.5 Å². The van der Waals surface area contributed by atoms with Crippen LogP contribution in [0.2, 0.25) is 0 Å². The number of nitrogens with one attached hydrogen (secondary N) is 1. The van der Waals surface area contributed by atoms with Gasteiger partial charge in [0.2, 0.25) is 0 Å². The first-order valence-electron chi connectivity index (χ1n) is 11.7. The number of rotatable bonds is 5. The average Bonchev–Trinajstić information content (AvgIpc) is 2.81. The van der Waals surface area contributed by atoms with Gasteiger partial charge in [0.1, 0.15) is 17.1 Å². The molecule has 0 radical (unpaired) electrons. The molecule has 7 nitrogen and oxygen atoms in total. The predicted octanol–water partition coefficient (Wildman–Crippen LogP) is 4.65. The zero-order chi connectivity index (χ0) is 25.5. The van der Waals surface area contributed by atoms with Crippen molar-refractivity contribution < 1.29 is 19.1 Å². The average molecular weight is 494 g/mol. The van der Waals surface area contributed by atoms with Gasteiger partial charge >= 0.3 is 0 Å². The molecule has 2 aromatic carbocycles. The van der Waals surface area contributed by atoms with Crippen LogP contribution in [0.25, 0.3) is 6.08 Å². The van der Waals surface area contributed by atoms with Gasteiger partial charge in [0.25, 0.3) is 11.8 Å². The van der Waals surface area contributed by atoms with E-state index in [1.54, 1.807) is 44.6 Å². The minimum Gasteiger partial charge on any atom is -0.497 e. The summed E-state index contributed by atoms with van der Waals surface area (Å²) in [7, 11) is 3.17. The highest BCUT2D eigenvalue weighted by Gasteiger charge is 2.37. The number of ether oxygens (including phenoxy) is 2. The van der Waals surface area contributed by atoms with E-state index in [4.69, 9.17) is 21.7 Å². The van der Waals surface area contributed by atoms with Crippen LogP contribution in [0.3, 0.4) is 0 Å². The second-order valence-electron chi connectivity index (χ2n) is 9.47. The molecular formula is C27H31N3O4S. The summed E-state index contributed by atoms with van der Waals surface area (Å²) in [5.41, 5.74) is 3.51. The number of thiocarbonyl (C=S) groups is 1. The van der Waals surface area contributed by atoms with E-state index >= 15 is 0 Å². The number of hydrogen-bond acceptors (Lipinski definition) is 6. The first-order valence-corrected chi connectivity index (χ1v) is 12.1. The van der Waals surface area contributed by atoms with E-state index in [2.05, 4.69) is 37.9 Å². The normalized spacial score (nSPS) is 20.6. The molecule has 4 rings (SSSR count). The Bertz CT molecular complexity index is 1220. The highest BCUT2D eigenvalue weighted by molar-refractivity contribution is 7.80. The minimum atomic E-state index is -0.533. The van der Waals surface area contributed by atoms with Crippen LogP contribution in [0.4, 0.5) is 11.4 Å². The summed E-state index contributed by atoms with van der Waals surface area (Å²) in [5, 5.41) is 2.68. The van der Waals surface area contributed by atoms with Crippen LogP contribution >= 0.6 is 12.2 Å². The number of benzene rings is 2. The van der Waals surface area contributed by atoms with Crippen molar-refractivity contribution in [3.05, 3.63) is 53.1 Å². The molecule has 35 heavy (non-hydrogen) atoms. The quantitative estimate of drug-likeness (QED) is 0.372. The SMILES string of the molecule is CCN1c2cc(OC)c(/C=C3/C(=O)NC(=S)N(c4ccc(OC)cc4)C3=O)cc2C(C)CC1(C)C. The maximum absolute atomic E-state index is 13.5. The van der Waals surface area contributed by atoms with Gasteiger partial charge in [-0.3, -0.25) is 19.8 Å². The lowest BCUT2D eigenvalue weighted by Crippen LogP contribution is -2.54. The Morgan fingerprint density at radius 1 is 1.14 bits per heavy atom. The van der Waals surface area contributed by atoms with E-state index in [9.17, 15) is 9.59 Å². The molecule has 2 aliphatic heterocycles. The van der Waals surface area contributed by atoms with Crippen molar-refractivity contribution in [3.8, 4) is 11.5 Å². The fourth-order valence-corrected chi connectivity index (χ4v) is 5.48. The molecule has 2 heterocycles. The Hall–Kier alpha value is -3.39. The number of nitrogens with zero attached hydrogens (tertiary/aromatic N) is 2. The van der Waals surface area contributed by atoms with E-state index in [0.717, 1.165) is 18.7 Å². The van der Waals surface area contributed by atoms with Crippen molar-refractivity contribution >= 4 is 46.6 Å². The maximum atomic E-state index is 13.5. The van der Waals surface area contributed by atoms with Crippen LogP contribution in [-0.2, 0) is 9.59 Å². The number of methoxy groups -OCH3 is 2. The standard InChI is InChI=1S/C27H31N3O4S/c1-7-29-22-14-23(34-6)17(12-20(22)16(2)15-27(29,3)4)13-21-24(31)28-26(35)30(25(21)32)18-8-10-19(33-5)11-9-18/h8-14,16H,7,15H2,1-6H3,(H,28,31,35)/b21-13-. The molecule has 2 aromatic rings. The Balaban J connectivity index is 1.79. The summed E-state index contributed by atoms with van der Waals surface area (Å²) in [6, 6.07) is 11.0. The summed E-state index contributed by atoms with van der Waals surface area (Å²) in [5.74, 6) is 0.539. The van der Waals surface area contributed by atoms with Gasteiger partial charge in [0.05, 0.1) is 19.9 Å². The van der Waals surface area contributed by atoms with E-state index in [0.29, 0.717) is 28.7 Å². The Morgan fingerprint density at radius 3 is 2.43 bits per heavy atom. The zero-order valence-corrected chi connectivity index (χ0v) is 21.8. The number of fused-ring (bicyclic) bond motifs is 1. The van der Waals surface area contributed by atoms with Crippen LogP contribution in [0, 0.1) is 0 Å². The molecule has 1 fully saturated rings. The van der Waals surface area contributed by atoms with Crippen molar-refractivity contribution in [1.29, 1.82) is 0 Å². The van der Waals surface area contributed by atoms with E-state index < -0.39 is 11.8 Å². The number of carbonyl (C=O) groups excluding carboxylic acids is 2. The number of anilines is 2. The Morgan fingerprint density at radius 2 is 1.83 bits per heavy atom. The van der Waals surface area contributed by atoms with Crippen LogP contribution < -0.4 is 24.6 Å². The minimum absolute atomic E-state index is 0.0104. The predicted molar refractivity (Wildman–Crippen MR) is 142 cm³/mol. The molecule has 8 heteroatoms. The third-order valence-corrected chi connectivity index (χ3v) is 7.07. The number of carbonyl (C=O) groups is 2. The summed E-state index contributed by atoms with van der Waals surface area (Å²) < 4.78 is 10.9. The topological polar surface area (TPSA) is 71.1 Å². The molecular weight excluding hydrogens is 462 g/mol. The van der Waals surface area contributed by atoms with E-state index in [-0.39, 0.29) is 16.2 Å². The molecule has 1 saturated heterocycles. The van der Waals surface area contributed by atoms with Gasteiger partial charge in [-0.2, -0.15) is 0 Å². The van der Waals surface area contributed by atoms with Crippen LogP contribution in [0.1, 0.15) is 51.2 Å². The summed E-state index contributed by atoms with van der Waals surface area (Å²) in [4.78, 5) is 30.0. The lowest BCUT2D eigenvalue weighted by atomic mass is 9.79. The highest BCUT2D eigenvalue weighted by Crippen LogP contribution is 2.46. The fourth-order valence-electron chi connectivity index (χ4n) is 5.19. The molecule has 0 aliphatic carbocycles. The van der Waals surface area contributed by atoms with E-state index in [1.807, 2.05) is 12.1 Å². The first kappa shape index (κ1) is 24.7. The second kappa shape index (κ2) is 9.34. The molecule has 1 unspecified atom stereocenters. The largest absolute Gasteiger partial charge is 0.497 e. The van der Waals surface area contributed by atoms with Crippen molar-refractivity contribution in [3.63, 3.8) is 0 Å². The molecule has 2 amide bonds. The molecule has 1 atom stereocenters. The highest BCUT2D eigenvalue weighted by atomic mass is 32.1. The molecule has 0 bridgehead atoms. The molecule has 0 saturated carbocycles. The van der Waals surface area contributed by atoms with Gasteiger partial charge in [-0.05, 0) is 87.3 Å². The van der Waals surface area contributed by atoms with Crippen molar-refractivity contribution in [1.82, 2.24) is 5.32 Å². The lowest BCUT2D eigenvalue weighted by Gasteiger charge is -2.47. The Kier molecular flexibility index (Phi) is 6.60. The third kappa shape index (κ3) is 4.38. The number of amides is 2. The summed E-state index contributed by atoms with van der Waals surface area (Å²) in [6.45, 7) is 9.72. The van der Waals surface area contributed by atoms with Gasteiger partial charge in [-0.1, -0.05) is 6.92 Å². The van der Waals surface area contributed by atoms with Crippen molar-refractivity contribution in [2.24, 2.45) is 0 Å². The van der Waals surface area contributed by atoms with Crippen LogP contribution in [0.5, 0.6) is 11.5 Å². The molecule has 1 N–H and O–H groups in total. The lowest BCUT2D eigenvalue weighted by molar-refractivity contribution is -0.122. The molecule has 0 spiro atoms. The summed E-state index contributed by atoms with van der Waals surface area (Å²) in [6.07, 6.45) is 2.59. The molecule has 0 aromatic heterocycles. The Labute approximate surface area is 211 Å². The van der Waals surface area contributed by atoms with Crippen molar-refractivity contribution in [2.45, 2.75) is 45.6 Å². The first-order chi connectivity index (χ1) is 16.6. The number of hydrogen-bond donors (Lipinski definition) is 1. The zero-order valence-electron chi connectivity index (χ0n) is 21.0. The van der Waals surface area contributed by atoms with Crippen LogP contribution in [0.15, 0.2) is 42.0 Å². The van der Waals surface area contributed by atoms with Crippen LogP contribution in [-0.4, -0.2) is 43.2 Å². The molecule has 2 aliphatic rings. The van der Waals surface area contributed by atoms with Gasteiger partial charge in [0.15, 0.2) is 5.11 Å². The summed E-state index contributed by atoms with van der Waals surface area (Å²) >= 11 is 5.32. The smallest absolute Gasteiger partial charge is 0.270 e. The maximum Gasteiger partial charge on any atom is 0.270 e. The second-order valence-corrected chi connectivity index (χ2v) is 9.86. The monoisotopic (exact) mass is 493 g/mol. The van der Waals surface area contributed by atoms with Gasteiger partial charge in [-0.15, -0.1) is 0 Å². The fraction of sp³-hybridized carbons (Fsp3) is 0.370. The molecule has 184 valence electrons. The third-order valence-electron chi connectivity index (χ3n) is 6.79. The van der Waals surface area contributed by atoms with Gasteiger partial charge < -0.3 is 14.4 Å². The van der Waals surface area contributed by atoms with Gasteiger partial charge in [-0.25, -0.2) is 0 Å². The van der Waals surface area contributed by atoms with Gasteiger partial charge in [0, 0.05) is 29.4 Å². The van der Waals surface area contributed by atoms with Crippen molar-refractivity contribution in [2.75, 3.05) is 30.6 Å².